The van der Waals surface area contributed by atoms with Gasteiger partial charge in [0.2, 0.25) is 0 Å². The number of aliphatic hydroxyl groups is 1. The van der Waals surface area contributed by atoms with E-state index in [1.165, 1.54) is 12.1 Å². The van der Waals surface area contributed by atoms with Gasteiger partial charge in [-0.3, -0.25) is 10.1 Å². The Morgan fingerprint density at radius 1 is 1.00 bits per heavy atom. The average Bonchev–Trinajstić information content (AvgIpc) is 3.60. The summed E-state index contributed by atoms with van der Waals surface area (Å²) in [6.45, 7) is 3.42. The zero-order chi connectivity index (χ0) is 29.2. The molecule has 0 bridgehead atoms. The van der Waals surface area contributed by atoms with E-state index < -0.39 is 6.23 Å². The standard InChI is InChI=1S/C31H32FN9O/c1-4-27(42)36-23-13-20(16-33-17-23)18-5-6-26-25(14-18)29(40-39-26)31-37-28-24(7-8-35-30(28)38-31)19-11-21(32)15-22(12-19)34-9-10-41(2)3/h5-8,11-17,27,34,36,42H,4,9-10H2,1-3H3,(H,39,40)(H,35,37,38). The van der Waals surface area contributed by atoms with Crippen LogP contribution < -0.4 is 10.6 Å². The topological polar surface area (TPSA) is 131 Å². The number of aromatic amines is 2. The number of pyridine rings is 2. The minimum absolute atomic E-state index is 0.329. The van der Waals surface area contributed by atoms with Gasteiger partial charge in [-0.05, 0) is 74.1 Å². The molecule has 5 N–H and O–H groups in total. The van der Waals surface area contributed by atoms with E-state index in [0.29, 0.717) is 46.9 Å². The van der Waals surface area contributed by atoms with Crippen molar-refractivity contribution in [2.45, 2.75) is 19.6 Å². The van der Waals surface area contributed by atoms with Crippen LogP contribution in [-0.4, -0.2) is 73.6 Å². The lowest BCUT2D eigenvalue weighted by Crippen LogP contribution is -2.20. The van der Waals surface area contributed by atoms with Gasteiger partial charge in [0.25, 0.3) is 0 Å². The summed E-state index contributed by atoms with van der Waals surface area (Å²) in [5.41, 5.74) is 7.45. The van der Waals surface area contributed by atoms with Gasteiger partial charge in [0.1, 0.15) is 23.3 Å². The smallest absolute Gasteiger partial charge is 0.160 e. The Bertz CT molecular complexity index is 1860. The first kappa shape index (κ1) is 27.3. The van der Waals surface area contributed by atoms with E-state index in [4.69, 9.17) is 4.98 Å². The summed E-state index contributed by atoms with van der Waals surface area (Å²) >= 11 is 0. The van der Waals surface area contributed by atoms with Crippen molar-refractivity contribution < 1.29 is 9.50 Å². The molecule has 1 atom stereocenters. The highest BCUT2D eigenvalue weighted by molar-refractivity contribution is 5.97. The first-order chi connectivity index (χ1) is 20.4. The lowest BCUT2D eigenvalue weighted by atomic mass is 10.0. The van der Waals surface area contributed by atoms with Crippen LogP contribution in [0.25, 0.3) is 55.8 Å². The molecule has 4 heterocycles. The van der Waals surface area contributed by atoms with Crippen LogP contribution >= 0.6 is 0 Å². The van der Waals surface area contributed by atoms with Crippen molar-refractivity contribution in [2.75, 3.05) is 37.8 Å². The first-order valence-electron chi connectivity index (χ1n) is 13.8. The fourth-order valence-electron chi connectivity index (χ4n) is 4.87. The van der Waals surface area contributed by atoms with E-state index in [-0.39, 0.29) is 5.82 Å². The molecule has 0 radical (unpaired) electrons. The molecule has 42 heavy (non-hydrogen) atoms. The highest BCUT2D eigenvalue weighted by Gasteiger charge is 2.17. The number of imidazole rings is 1. The Kier molecular flexibility index (Phi) is 7.51. The highest BCUT2D eigenvalue weighted by atomic mass is 19.1. The summed E-state index contributed by atoms with van der Waals surface area (Å²) in [4.78, 5) is 19.1. The summed E-state index contributed by atoms with van der Waals surface area (Å²) in [6, 6.07) is 14.7. The highest BCUT2D eigenvalue weighted by Crippen LogP contribution is 2.34. The second kappa shape index (κ2) is 11.6. The molecule has 6 aromatic rings. The number of fused-ring (bicyclic) bond motifs is 2. The van der Waals surface area contributed by atoms with Crippen LogP contribution in [0.5, 0.6) is 0 Å². The van der Waals surface area contributed by atoms with Gasteiger partial charge in [0.15, 0.2) is 11.5 Å². The normalized spacial score (nSPS) is 12.3. The minimum atomic E-state index is -0.644. The van der Waals surface area contributed by atoms with E-state index >= 15 is 0 Å². The van der Waals surface area contributed by atoms with Crippen LogP contribution in [0.2, 0.25) is 0 Å². The van der Waals surface area contributed by atoms with Crippen LogP contribution in [0.3, 0.4) is 0 Å². The summed E-state index contributed by atoms with van der Waals surface area (Å²) in [5.74, 6) is 0.220. The number of hydrogen-bond acceptors (Lipinski definition) is 8. The van der Waals surface area contributed by atoms with Crippen LogP contribution in [-0.2, 0) is 0 Å². The molecule has 0 fully saturated rings. The van der Waals surface area contributed by atoms with Gasteiger partial charge in [-0.25, -0.2) is 14.4 Å². The van der Waals surface area contributed by atoms with Gasteiger partial charge in [-0.1, -0.05) is 13.0 Å². The van der Waals surface area contributed by atoms with E-state index in [0.717, 1.165) is 39.8 Å². The second-order valence-electron chi connectivity index (χ2n) is 10.5. The number of nitrogens with one attached hydrogen (secondary N) is 4. The third-order valence-electron chi connectivity index (χ3n) is 7.06. The molecule has 0 aliphatic rings. The predicted octanol–water partition coefficient (Wildman–Crippen LogP) is 5.48. The lowest BCUT2D eigenvalue weighted by Gasteiger charge is -2.12. The monoisotopic (exact) mass is 565 g/mol. The number of rotatable bonds is 10. The van der Waals surface area contributed by atoms with Crippen LogP contribution in [0.15, 0.2) is 67.1 Å². The Morgan fingerprint density at radius 2 is 1.86 bits per heavy atom. The molecule has 0 saturated heterocycles. The summed E-state index contributed by atoms with van der Waals surface area (Å²) < 4.78 is 14.7. The van der Waals surface area contributed by atoms with Crippen molar-refractivity contribution in [3.63, 3.8) is 0 Å². The average molecular weight is 566 g/mol. The first-order valence-corrected chi connectivity index (χ1v) is 13.8. The van der Waals surface area contributed by atoms with E-state index in [2.05, 4.69) is 40.7 Å². The van der Waals surface area contributed by atoms with Crippen molar-refractivity contribution in [3.8, 4) is 33.8 Å². The molecule has 0 spiro atoms. The number of nitrogens with zero attached hydrogens (tertiary/aromatic N) is 5. The maximum absolute atomic E-state index is 14.7. The van der Waals surface area contributed by atoms with Crippen LogP contribution in [0.4, 0.5) is 15.8 Å². The summed E-state index contributed by atoms with van der Waals surface area (Å²) in [6.07, 6.45) is 5.09. The van der Waals surface area contributed by atoms with E-state index in [9.17, 15) is 9.50 Å². The maximum atomic E-state index is 14.7. The molecule has 1 unspecified atom stereocenters. The molecule has 6 rings (SSSR count). The molecular formula is C31H32FN9O. The second-order valence-corrected chi connectivity index (χ2v) is 10.5. The number of halogens is 1. The SMILES string of the molecule is CCC(O)Nc1cncc(-c2ccc3[nH]nc(-c4nc5c(-c6cc(F)cc(NCCN(C)C)c6)ccnc5[nH]4)c3c2)c1. The Morgan fingerprint density at radius 3 is 2.69 bits per heavy atom. The number of likely N-dealkylation sites (N-methyl/N-ethyl adjacent to an activating group) is 1. The third kappa shape index (κ3) is 5.65. The van der Waals surface area contributed by atoms with Gasteiger partial charge >= 0.3 is 0 Å². The molecule has 4 aromatic heterocycles. The molecule has 10 nitrogen and oxygen atoms in total. The number of anilines is 2. The fourth-order valence-corrected chi connectivity index (χ4v) is 4.87. The number of H-pyrrole nitrogens is 2. The number of aromatic nitrogens is 6. The van der Waals surface area contributed by atoms with E-state index in [1.807, 2.05) is 57.4 Å². The number of benzene rings is 2. The lowest BCUT2D eigenvalue weighted by molar-refractivity contribution is 0.199. The largest absolute Gasteiger partial charge is 0.384 e. The zero-order valence-electron chi connectivity index (χ0n) is 23.6. The van der Waals surface area contributed by atoms with Crippen LogP contribution in [0.1, 0.15) is 13.3 Å². The van der Waals surface area contributed by atoms with Crippen molar-refractivity contribution in [2.24, 2.45) is 0 Å². The van der Waals surface area contributed by atoms with Crippen molar-refractivity contribution in [1.82, 2.24) is 35.0 Å². The van der Waals surface area contributed by atoms with Crippen molar-refractivity contribution in [1.29, 1.82) is 0 Å². The molecule has 0 aliphatic carbocycles. The molecule has 0 aliphatic heterocycles. The van der Waals surface area contributed by atoms with Gasteiger partial charge in [0, 0.05) is 47.7 Å². The zero-order valence-corrected chi connectivity index (χ0v) is 23.6. The summed E-state index contributed by atoms with van der Waals surface area (Å²) in [7, 11) is 4.00. The Balaban J connectivity index is 1.36. The third-order valence-corrected chi connectivity index (χ3v) is 7.06. The maximum Gasteiger partial charge on any atom is 0.160 e. The van der Waals surface area contributed by atoms with Crippen molar-refractivity contribution >= 4 is 33.4 Å². The number of hydrogen-bond donors (Lipinski definition) is 5. The quantitative estimate of drug-likeness (QED) is 0.138. The number of aliphatic hydroxyl groups excluding tert-OH is 1. The van der Waals surface area contributed by atoms with Crippen LogP contribution in [0, 0.1) is 5.82 Å². The molecule has 2 aromatic carbocycles. The van der Waals surface area contributed by atoms with Gasteiger partial charge in [0.05, 0.1) is 17.4 Å². The predicted molar refractivity (Wildman–Crippen MR) is 165 cm³/mol. The van der Waals surface area contributed by atoms with Gasteiger partial charge < -0.3 is 25.6 Å². The van der Waals surface area contributed by atoms with Crippen molar-refractivity contribution in [3.05, 3.63) is 72.9 Å². The fraction of sp³-hybridized carbons (Fsp3) is 0.226. The van der Waals surface area contributed by atoms with Gasteiger partial charge in [-0.2, -0.15) is 5.10 Å². The molecule has 0 amide bonds. The molecular weight excluding hydrogens is 533 g/mol. The Hall–Kier alpha value is -4.87. The molecule has 214 valence electrons. The Labute approximate surface area is 242 Å². The molecule has 0 saturated carbocycles. The van der Waals surface area contributed by atoms with Gasteiger partial charge in [-0.15, -0.1) is 0 Å². The minimum Gasteiger partial charge on any atom is -0.384 e. The summed E-state index contributed by atoms with van der Waals surface area (Å²) in [5, 5.41) is 24.9. The van der Waals surface area contributed by atoms with E-state index in [1.54, 1.807) is 18.6 Å². The molecule has 11 heteroatoms.